The van der Waals surface area contributed by atoms with Crippen molar-refractivity contribution in [3.63, 3.8) is 0 Å². The summed E-state index contributed by atoms with van der Waals surface area (Å²) in [7, 11) is 1.27. The Morgan fingerprint density at radius 1 is 1.20 bits per heavy atom. The average Bonchev–Trinajstić information content (AvgIpc) is 2.45. The van der Waals surface area contributed by atoms with Crippen LogP contribution in [0.5, 0.6) is 0 Å². The van der Waals surface area contributed by atoms with Gasteiger partial charge < -0.3 is 9.47 Å². The van der Waals surface area contributed by atoms with E-state index in [-0.39, 0.29) is 30.0 Å². The van der Waals surface area contributed by atoms with E-state index in [1.165, 1.54) is 7.11 Å². The standard InChI is InChI=1S/C15H24O5/c1-4-6-7-10-8-11(14(17)20-5-2)9-12(13(10)16)15(18)19-3/h10-12H,4-9H2,1-3H3. The molecule has 114 valence electrons. The lowest BCUT2D eigenvalue weighted by Crippen LogP contribution is -2.40. The molecule has 0 saturated heterocycles. The number of Topliss-reactive ketones (excluding diaryl/α,β-unsaturated/α-hetero) is 1. The van der Waals surface area contributed by atoms with Gasteiger partial charge in [0.25, 0.3) is 0 Å². The Balaban J connectivity index is 2.82. The largest absolute Gasteiger partial charge is 0.468 e. The number of carbonyl (C=O) groups excluding carboxylic acids is 3. The van der Waals surface area contributed by atoms with Gasteiger partial charge in [-0.2, -0.15) is 0 Å². The van der Waals surface area contributed by atoms with E-state index in [9.17, 15) is 14.4 Å². The molecule has 3 atom stereocenters. The number of ketones is 1. The molecule has 0 spiro atoms. The van der Waals surface area contributed by atoms with Gasteiger partial charge in [0.2, 0.25) is 0 Å². The molecular weight excluding hydrogens is 260 g/mol. The van der Waals surface area contributed by atoms with Gasteiger partial charge in [0.05, 0.1) is 19.6 Å². The molecule has 1 fully saturated rings. The molecule has 0 amide bonds. The smallest absolute Gasteiger partial charge is 0.316 e. The van der Waals surface area contributed by atoms with Crippen LogP contribution >= 0.6 is 0 Å². The quantitative estimate of drug-likeness (QED) is 0.552. The van der Waals surface area contributed by atoms with E-state index in [2.05, 4.69) is 4.74 Å². The first-order valence-corrected chi connectivity index (χ1v) is 7.33. The summed E-state index contributed by atoms with van der Waals surface area (Å²) in [5.41, 5.74) is 0. The minimum atomic E-state index is -0.815. The van der Waals surface area contributed by atoms with Crippen molar-refractivity contribution in [1.82, 2.24) is 0 Å². The van der Waals surface area contributed by atoms with Crippen LogP contribution in [0.1, 0.15) is 46.0 Å². The fraction of sp³-hybridized carbons (Fsp3) is 0.800. The molecule has 20 heavy (non-hydrogen) atoms. The maximum atomic E-state index is 12.3. The second-order valence-electron chi connectivity index (χ2n) is 5.24. The van der Waals surface area contributed by atoms with Crippen LogP contribution in [0.4, 0.5) is 0 Å². The summed E-state index contributed by atoms with van der Waals surface area (Å²) in [6.07, 6.45) is 3.33. The van der Waals surface area contributed by atoms with Crippen LogP contribution in [0.3, 0.4) is 0 Å². The monoisotopic (exact) mass is 284 g/mol. The zero-order valence-corrected chi connectivity index (χ0v) is 12.5. The van der Waals surface area contributed by atoms with Crippen molar-refractivity contribution in [3.05, 3.63) is 0 Å². The van der Waals surface area contributed by atoms with Gasteiger partial charge in [-0.05, 0) is 26.2 Å². The zero-order valence-electron chi connectivity index (χ0n) is 12.5. The van der Waals surface area contributed by atoms with E-state index in [0.717, 1.165) is 19.3 Å². The molecule has 5 heteroatoms. The Morgan fingerprint density at radius 3 is 2.45 bits per heavy atom. The van der Waals surface area contributed by atoms with Gasteiger partial charge in [0, 0.05) is 5.92 Å². The van der Waals surface area contributed by atoms with Crippen LogP contribution in [0.2, 0.25) is 0 Å². The van der Waals surface area contributed by atoms with Crippen LogP contribution in [-0.4, -0.2) is 31.4 Å². The zero-order chi connectivity index (χ0) is 15.1. The summed E-state index contributed by atoms with van der Waals surface area (Å²) < 4.78 is 9.72. The minimum absolute atomic E-state index is 0.0779. The summed E-state index contributed by atoms with van der Waals surface area (Å²) in [6.45, 7) is 4.11. The van der Waals surface area contributed by atoms with Crippen molar-refractivity contribution >= 4 is 17.7 Å². The number of hydrogen-bond acceptors (Lipinski definition) is 5. The molecule has 1 saturated carbocycles. The highest BCUT2D eigenvalue weighted by Crippen LogP contribution is 2.34. The predicted octanol–water partition coefficient (Wildman–Crippen LogP) is 2.12. The van der Waals surface area contributed by atoms with Crippen molar-refractivity contribution in [1.29, 1.82) is 0 Å². The fourth-order valence-corrected chi connectivity index (χ4v) is 2.76. The molecular formula is C15H24O5. The van der Waals surface area contributed by atoms with Crippen molar-refractivity contribution < 1.29 is 23.9 Å². The van der Waals surface area contributed by atoms with Gasteiger partial charge in [0.15, 0.2) is 0 Å². The molecule has 1 rings (SSSR count). The molecule has 1 aliphatic carbocycles. The lowest BCUT2D eigenvalue weighted by atomic mass is 9.72. The molecule has 3 unspecified atom stereocenters. The Hall–Kier alpha value is -1.39. The normalized spacial score (nSPS) is 26.1. The summed E-state index contributed by atoms with van der Waals surface area (Å²) in [5.74, 6) is -2.35. The summed E-state index contributed by atoms with van der Waals surface area (Å²) >= 11 is 0. The van der Waals surface area contributed by atoms with Gasteiger partial charge in [-0.1, -0.05) is 19.8 Å². The SMILES string of the molecule is CCCCC1CC(C(=O)OCC)CC(C(=O)OC)C1=O. The van der Waals surface area contributed by atoms with Crippen LogP contribution in [-0.2, 0) is 23.9 Å². The van der Waals surface area contributed by atoms with Crippen LogP contribution in [0.15, 0.2) is 0 Å². The van der Waals surface area contributed by atoms with E-state index in [1.807, 2.05) is 6.92 Å². The molecule has 0 aromatic carbocycles. The Kier molecular flexibility index (Phi) is 6.68. The molecule has 0 aromatic rings. The highest BCUT2D eigenvalue weighted by atomic mass is 16.5. The number of esters is 2. The number of carbonyl (C=O) groups is 3. The van der Waals surface area contributed by atoms with Gasteiger partial charge in [-0.15, -0.1) is 0 Å². The third-order valence-electron chi connectivity index (χ3n) is 3.85. The first kappa shape index (κ1) is 16.7. The van der Waals surface area contributed by atoms with E-state index in [0.29, 0.717) is 13.0 Å². The highest BCUT2D eigenvalue weighted by Gasteiger charge is 2.43. The second-order valence-corrected chi connectivity index (χ2v) is 5.24. The van der Waals surface area contributed by atoms with Crippen LogP contribution < -0.4 is 0 Å². The molecule has 1 aliphatic rings. The lowest BCUT2D eigenvalue weighted by molar-refractivity contribution is -0.158. The fourth-order valence-electron chi connectivity index (χ4n) is 2.76. The third kappa shape index (κ3) is 4.05. The van der Waals surface area contributed by atoms with Crippen molar-refractivity contribution in [2.75, 3.05) is 13.7 Å². The van der Waals surface area contributed by atoms with Gasteiger partial charge >= 0.3 is 11.9 Å². The number of ether oxygens (including phenoxy) is 2. The first-order chi connectivity index (χ1) is 9.54. The lowest BCUT2D eigenvalue weighted by Gasteiger charge is -2.31. The predicted molar refractivity (Wildman–Crippen MR) is 72.9 cm³/mol. The van der Waals surface area contributed by atoms with Crippen molar-refractivity contribution in [2.24, 2.45) is 17.8 Å². The molecule has 0 N–H and O–H groups in total. The summed E-state index contributed by atoms with van der Waals surface area (Å²) in [4.78, 5) is 35.9. The molecule has 0 aliphatic heterocycles. The average molecular weight is 284 g/mol. The van der Waals surface area contributed by atoms with Crippen molar-refractivity contribution in [3.8, 4) is 0 Å². The minimum Gasteiger partial charge on any atom is -0.468 e. The highest BCUT2D eigenvalue weighted by molar-refractivity contribution is 6.01. The Morgan fingerprint density at radius 2 is 1.90 bits per heavy atom. The van der Waals surface area contributed by atoms with Crippen molar-refractivity contribution in [2.45, 2.75) is 46.0 Å². The topological polar surface area (TPSA) is 69.7 Å². The number of hydrogen-bond donors (Lipinski definition) is 0. The van der Waals surface area contributed by atoms with Crippen LogP contribution in [0.25, 0.3) is 0 Å². The third-order valence-corrected chi connectivity index (χ3v) is 3.85. The molecule has 5 nitrogen and oxygen atoms in total. The first-order valence-electron chi connectivity index (χ1n) is 7.33. The number of unbranched alkanes of at least 4 members (excludes halogenated alkanes) is 1. The molecule has 0 bridgehead atoms. The Bertz CT molecular complexity index is 363. The second kappa shape index (κ2) is 8.02. The van der Waals surface area contributed by atoms with E-state index in [1.54, 1.807) is 6.92 Å². The van der Waals surface area contributed by atoms with E-state index in [4.69, 9.17) is 4.74 Å². The summed E-state index contributed by atoms with van der Waals surface area (Å²) in [5, 5.41) is 0. The van der Waals surface area contributed by atoms with Gasteiger partial charge in [-0.3, -0.25) is 14.4 Å². The maximum absolute atomic E-state index is 12.3. The Labute approximate surface area is 120 Å². The van der Waals surface area contributed by atoms with E-state index >= 15 is 0 Å². The molecule has 0 heterocycles. The number of rotatable bonds is 6. The van der Waals surface area contributed by atoms with Crippen LogP contribution in [0, 0.1) is 17.8 Å². The van der Waals surface area contributed by atoms with Gasteiger partial charge in [0.1, 0.15) is 11.7 Å². The van der Waals surface area contributed by atoms with Gasteiger partial charge in [-0.25, -0.2) is 0 Å². The maximum Gasteiger partial charge on any atom is 0.316 e. The summed E-state index contributed by atoms with van der Waals surface area (Å²) in [6, 6.07) is 0. The molecule has 0 aromatic heterocycles. The number of methoxy groups -OCH3 is 1. The molecule has 0 radical (unpaired) electrons. The van der Waals surface area contributed by atoms with E-state index < -0.39 is 11.9 Å².